The van der Waals surface area contributed by atoms with E-state index >= 15 is 0 Å². The Labute approximate surface area is 125 Å². The lowest BCUT2D eigenvalue weighted by Crippen LogP contribution is -2.36. The zero-order valence-corrected chi connectivity index (χ0v) is 12.7. The van der Waals surface area contributed by atoms with Crippen LogP contribution in [0.1, 0.15) is 45.1 Å². The minimum atomic E-state index is -0.919. The zero-order valence-electron chi connectivity index (χ0n) is 12.7. The summed E-state index contributed by atoms with van der Waals surface area (Å²) in [4.78, 5) is 22.7. The summed E-state index contributed by atoms with van der Waals surface area (Å²) in [5, 5.41) is 14.5. The fraction of sp³-hybridized carbons (Fsp3) is 0.500. The van der Waals surface area contributed by atoms with E-state index in [0.29, 0.717) is 11.3 Å². The lowest BCUT2D eigenvalue weighted by molar-refractivity contribution is -0.136. The highest BCUT2D eigenvalue weighted by Crippen LogP contribution is 2.15. The van der Waals surface area contributed by atoms with Gasteiger partial charge in [0, 0.05) is 11.7 Å². The number of anilines is 1. The van der Waals surface area contributed by atoms with Gasteiger partial charge in [0.15, 0.2) is 0 Å². The van der Waals surface area contributed by atoms with Gasteiger partial charge in [-0.2, -0.15) is 0 Å². The molecule has 116 valence electrons. The number of carbonyl (C=O) groups is 2. The lowest BCUT2D eigenvalue weighted by atomic mass is 10.1. The van der Waals surface area contributed by atoms with Gasteiger partial charge < -0.3 is 15.7 Å². The summed E-state index contributed by atoms with van der Waals surface area (Å²) >= 11 is 0. The molecule has 0 spiro atoms. The third-order valence-corrected chi connectivity index (χ3v) is 3.23. The quantitative estimate of drug-likeness (QED) is 0.642. The van der Waals surface area contributed by atoms with Gasteiger partial charge in [-0.05, 0) is 25.0 Å². The number of urea groups is 1. The molecule has 2 amide bonds. The maximum absolute atomic E-state index is 11.9. The molecule has 0 aliphatic carbocycles. The summed E-state index contributed by atoms with van der Waals surface area (Å²) in [6.45, 7) is 4.11. The second-order valence-corrected chi connectivity index (χ2v) is 5.22. The maximum Gasteiger partial charge on any atom is 0.319 e. The van der Waals surface area contributed by atoms with Gasteiger partial charge in [-0.1, -0.05) is 44.4 Å². The summed E-state index contributed by atoms with van der Waals surface area (Å²) in [5.74, 6) is -0.919. The minimum Gasteiger partial charge on any atom is -0.481 e. The van der Waals surface area contributed by atoms with Crippen molar-refractivity contribution in [3.63, 3.8) is 0 Å². The Balaban J connectivity index is 2.52. The Morgan fingerprint density at radius 1 is 1.24 bits per heavy atom. The first-order valence-corrected chi connectivity index (χ1v) is 7.40. The van der Waals surface area contributed by atoms with Crippen LogP contribution in [0.5, 0.6) is 0 Å². The molecule has 0 fully saturated rings. The van der Waals surface area contributed by atoms with E-state index in [1.54, 1.807) is 24.3 Å². The van der Waals surface area contributed by atoms with E-state index in [1.807, 2.05) is 6.92 Å². The van der Waals surface area contributed by atoms with Crippen LogP contribution < -0.4 is 10.6 Å². The zero-order chi connectivity index (χ0) is 15.7. The number of amides is 2. The number of aliphatic carboxylic acids is 1. The van der Waals surface area contributed by atoms with Gasteiger partial charge in [-0.3, -0.25) is 4.79 Å². The van der Waals surface area contributed by atoms with Crippen LogP contribution in [-0.4, -0.2) is 23.1 Å². The molecule has 3 N–H and O–H groups in total. The third-order valence-electron chi connectivity index (χ3n) is 3.23. The van der Waals surface area contributed by atoms with Crippen LogP contribution >= 0.6 is 0 Å². The summed E-state index contributed by atoms with van der Waals surface area (Å²) in [6.07, 6.45) is 4.24. The Kier molecular flexibility index (Phi) is 7.29. The van der Waals surface area contributed by atoms with Gasteiger partial charge in [-0.15, -0.1) is 0 Å². The number of hydrogen-bond donors (Lipinski definition) is 3. The van der Waals surface area contributed by atoms with Gasteiger partial charge >= 0.3 is 12.0 Å². The van der Waals surface area contributed by atoms with Gasteiger partial charge in [0.1, 0.15) is 0 Å². The monoisotopic (exact) mass is 292 g/mol. The van der Waals surface area contributed by atoms with Gasteiger partial charge in [-0.25, -0.2) is 4.79 Å². The van der Waals surface area contributed by atoms with E-state index < -0.39 is 5.97 Å². The summed E-state index contributed by atoms with van der Waals surface area (Å²) < 4.78 is 0. The molecule has 0 radical (unpaired) electrons. The molecule has 0 saturated heterocycles. The molecule has 21 heavy (non-hydrogen) atoms. The highest BCUT2D eigenvalue weighted by atomic mass is 16.4. The second-order valence-electron chi connectivity index (χ2n) is 5.22. The highest BCUT2D eigenvalue weighted by Gasteiger charge is 2.11. The Hall–Kier alpha value is -2.04. The first-order valence-electron chi connectivity index (χ1n) is 7.40. The molecule has 0 bridgehead atoms. The smallest absolute Gasteiger partial charge is 0.319 e. The molecule has 1 rings (SSSR count). The van der Waals surface area contributed by atoms with Crippen molar-refractivity contribution in [3.8, 4) is 0 Å². The van der Waals surface area contributed by atoms with E-state index in [1.165, 1.54) is 0 Å². The topological polar surface area (TPSA) is 78.4 Å². The highest BCUT2D eigenvalue weighted by molar-refractivity contribution is 5.91. The molecular formula is C16H24N2O3. The Morgan fingerprint density at radius 2 is 1.95 bits per heavy atom. The van der Waals surface area contributed by atoms with Crippen LogP contribution in [0.4, 0.5) is 10.5 Å². The molecule has 0 aliphatic rings. The molecule has 0 aliphatic heterocycles. The fourth-order valence-corrected chi connectivity index (χ4v) is 2.11. The first-order chi connectivity index (χ1) is 10.0. The SMILES string of the molecule is CCCCCC(C)NC(=O)Nc1ccccc1CC(=O)O. The fourth-order valence-electron chi connectivity index (χ4n) is 2.11. The van der Waals surface area contributed by atoms with E-state index in [0.717, 1.165) is 25.7 Å². The van der Waals surface area contributed by atoms with Crippen LogP contribution in [-0.2, 0) is 11.2 Å². The predicted octanol–water partition coefficient (Wildman–Crippen LogP) is 3.40. The molecule has 1 aromatic carbocycles. The third kappa shape index (κ3) is 6.79. The van der Waals surface area contributed by atoms with E-state index in [4.69, 9.17) is 5.11 Å². The molecule has 5 nitrogen and oxygen atoms in total. The van der Waals surface area contributed by atoms with Crippen LogP contribution in [0.25, 0.3) is 0 Å². The summed E-state index contributed by atoms with van der Waals surface area (Å²) in [5.41, 5.74) is 1.14. The van der Waals surface area contributed by atoms with E-state index in [9.17, 15) is 9.59 Å². The molecule has 1 atom stereocenters. The van der Waals surface area contributed by atoms with Crippen LogP contribution in [0.15, 0.2) is 24.3 Å². The van der Waals surface area contributed by atoms with Crippen molar-refractivity contribution in [2.45, 2.75) is 52.0 Å². The number of carboxylic acids is 1. The maximum atomic E-state index is 11.9. The molecule has 1 unspecified atom stereocenters. The van der Waals surface area contributed by atoms with Crippen molar-refractivity contribution >= 4 is 17.7 Å². The van der Waals surface area contributed by atoms with E-state index in [-0.39, 0.29) is 18.5 Å². The second kappa shape index (κ2) is 9.00. The van der Waals surface area contributed by atoms with Crippen LogP contribution in [0.3, 0.4) is 0 Å². The van der Waals surface area contributed by atoms with E-state index in [2.05, 4.69) is 17.6 Å². The molecule has 0 aromatic heterocycles. The number of carbonyl (C=O) groups excluding carboxylic acids is 1. The number of nitrogens with one attached hydrogen (secondary N) is 2. The number of para-hydroxylation sites is 1. The normalized spacial score (nSPS) is 11.7. The summed E-state index contributed by atoms with van der Waals surface area (Å²) in [7, 11) is 0. The number of hydrogen-bond acceptors (Lipinski definition) is 2. The van der Waals surface area contributed by atoms with Crippen molar-refractivity contribution in [2.75, 3.05) is 5.32 Å². The van der Waals surface area contributed by atoms with Gasteiger partial charge in [0.05, 0.1) is 6.42 Å². The summed E-state index contributed by atoms with van der Waals surface area (Å²) in [6, 6.07) is 6.74. The number of carboxylic acid groups (broad SMARTS) is 1. The molecule has 1 aromatic rings. The standard InChI is InChI=1S/C16H24N2O3/c1-3-4-5-8-12(2)17-16(21)18-14-10-7-6-9-13(14)11-15(19)20/h6-7,9-10,12H,3-5,8,11H2,1-2H3,(H,19,20)(H2,17,18,21). The average Bonchev–Trinajstić information content (AvgIpc) is 2.40. The Bertz CT molecular complexity index is 474. The Morgan fingerprint density at radius 3 is 2.62 bits per heavy atom. The molecule has 5 heteroatoms. The van der Waals surface area contributed by atoms with Crippen LogP contribution in [0.2, 0.25) is 0 Å². The number of unbranched alkanes of at least 4 members (excludes halogenated alkanes) is 2. The van der Waals surface area contributed by atoms with Crippen molar-refractivity contribution in [1.29, 1.82) is 0 Å². The average molecular weight is 292 g/mol. The van der Waals surface area contributed by atoms with Crippen molar-refractivity contribution in [2.24, 2.45) is 0 Å². The van der Waals surface area contributed by atoms with Crippen molar-refractivity contribution < 1.29 is 14.7 Å². The number of benzene rings is 1. The van der Waals surface area contributed by atoms with Crippen molar-refractivity contribution in [3.05, 3.63) is 29.8 Å². The minimum absolute atomic E-state index is 0.100. The molecular weight excluding hydrogens is 268 g/mol. The van der Waals surface area contributed by atoms with Gasteiger partial charge in [0.25, 0.3) is 0 Å². The van der Waals surface area contributed by atoms with Crippen molar-refractivity contribution in [1.82, 2.24) is 5.32 Å². The molecule has 0 saturated carbocycles. The van der Waals surface area contributed by atoms with Crippen LogP contribution in [0, 0.1) is 0 Å². The predicted molar refractivity (Wildman–Crippen MR) is 83.5 cm³/mol. The first kappa shape index (κ1) is 17.0. The van der Waals surface area contributed by atoms with Gasteiger partial charge in [0.2, 0.25) is 0 Å². The number of rotatable bonds is 8. The largest absolute Gasteiger partial charge is 0.481 e. The lowest BCUT2D eigenvalue weighted by Gasteiger charge is -2.15. The molecule has 0 heterocycles.